The van der Waals surface area contributed by atoms with Crippen LogP contribution in [0.5, 0.6) is 5.75 Å². The SMILES string of the molecule is C=CCN(CCOC)C(=O)Oc1ccccc1. The molecule has 0 aliphatic rings. The zero-order chi connectivity index (χ0) is 12.5. The summed E-state index contributed by atoms with van der Waals surface area (Å²) in [6.45, 7) is 5.00. The number of ether oxygens (including phenoxy) is 2. The van der Waals surface area contributed by atoms with Crippen LogP contribution in [0, 0.1) is 0 Å². The molecular formula is C13H17NO3. The van der Waals surface area contributed by atoms with Gasteiger partial charge in [-0.3, -0.25) is 0 Å². The lowest BCUT2D eigenvalue weighted by atomic mass is 10.3. The first-order valence-corrected chi connectivity index (χ1v) is 5.39. The Kier molecular flexibility index (Phi) is 5.82. The Labute approximate surface area is 101 Å². The van der Waals surface area contributed by atoms with E-state index in [-0.39, 0.29) is 0 Å². The number of methoxy groups -OCH3 is 1. The summed E-state index contributed by atoms with van der Waals surface area (Å²) in [6.07, 6.45) is 1.26. The van der Waals surface area contributed by atoms with E-state index in [9.17, 15) is 4.79 Å². The second-order valence-electron chi connectivity index (χ2n) is 3.41. The molecule has 92 valence electrons. The molecule has 1 aromatic rings. The zero-order valence-corrected chi connectivity index (χ0v) is 9.96. The number of para-hydroxylation sites is 1. The van der Waals surface area contributed by atoms with Crippen molar-refractivity contribution in [1.82, 2.24) is 4.90 Å². The summed E-state index contributed by atoms with van der Waals surface area (Å²) >= 11 is 0. The number of carbonyl (C=O) groups excluding carboxylic acids is 1. The van der Waals surface area contributed by atoms with Gasteiger partial charge in [-0.1, -0.05) is 24.3 Å². The van der Waals surface area contributed by atoms with Crippen LogP contribution in [0.15, 0.2) is 43.0 Å². The fraction of sp³-hybridized carbons (Fsp3) is 0.308. The Morgan fingerprint density at radius 1 is 1.41 bits per heavy atom. The van der Waals surface area contributed by atoms with Crippen LogP contribution in [0.1, 0.15) is 0 Å². The normalized spacial score (nSPS) is 9.71. The van der Waals surface area contributed by atoms with Crippen molar-refractivity contribution in [1.29, 1.82) is 0 Å². The van der Waals surface area contributed by atoms with Crippen molar-refractivity contribution >= 4 is 6.09 Å². The van der Waals surface area contributed by atoms with Crippen LogP contribution in [0.2, 0.25) is 0 Å². The van der Waals surface area contributed by atoms with Gasteiger partial charge in [-0.05, 0) is 12.1 Å². The monoisotopic (exact) mass is 235 g/mol. The minimum absolute atomic E-state index is 0.395. The minimum atomic E-state index is -0.395. The van der Waals surface area contributed by atoms with Gasteiger partial charge in [0.2, 0.25) is 0 Å². The highest BCUT2D eigenvalue weighted by molar-refractivity contribution is 5.70. The van der Waals surface area contributed by atoms with Gasteiger partial charge in [0.15, 0.2) is 0 Å². The molecule has 0 bridgehead atoms. The molecule has 0 radical (unpaired) electrons. The molecule has 1 aromatic carbocycles. The summed E-state index contributed by atoms with van der Waals surface area (Å²) in [4.78, 5) is 13.3. The standard InChI is InChI=1S/C13H17NO3/c1-3-9-14(10-11-16-2)13(15)17-12-7-5-4-6-8-12/h3-8H,1,9-11H2,2H3. The van der Waals surface area contributed by atoms with E-state index in [1.807, 2.05) is 18.2 Å². The molecule has 1 amide bonds. The van der Waals surface area contributed by atoms with Gasteiger partial charge in [0, 0.05) is 20.2 Å². The van der Waals surface area contributed by atoms with Crippen LogP contribution in [-0.2, 0) is 4.74 Å². The zero-order valence-electron chi connectivity index (χ0n) is 9.96. The highest BCUT2D eigenvalue weighted by Gasteiger charge is 2.13. The van der Waals surface area contributed by atoms with Gasteiger partial charge in [0.1, 0.15) is 5.75 Å². The van der Waals surface area contributed by atoms with E-state index in [0.717, 1.165) is 0 Å². The maximum Gasteiger partial charge on any atom is 0.415 e. The lowest BCUT2D eigenvalue weighted by Crippen LogP contribution is -2.36. The molecule has 4 nitrogen and oxygen atoms in total. The van der Waals surface area contributed by atoms with E-state index in [4.69, 9.17) is 9.47 Å². The fourth-order valence-electron chi connectivity index (χ4n) is 1.27. The number of rotatable bonds is 6. The van der Waals surface area contributed by atoms with E-state index in [2.05, 4.69) is 6.58 Å². The molecule has 17 heavy (non-hydrogen) atoms. The molecule has 0 fully saturated rings. The molecule has 0 aromatic heterocycles. The molecule has 0 aliphatic carbocycles. The molecule has 0 heterocycles. The van der Waals surface area contributed by atoms with E-state index in [1.165, 1.54) is 4.90 Å². The Morgan fingerprint density at radius 3 is 2.71 bits per heavy atom. The average molecular weight is 235 g/mol. The van der Waals surface area contributed by atoms with Crippen LogP contribution < -0.4 is 4.74 Å². The largest absolute Gasteiger partial charge is 0.415 e. The van der Waals surface area contributed by atoms with Gasteiger partial charge < -0.3 is 14.4 Å². The third kappa shape index (κ3) is 4.70. The number of hydrogen-bond donors (Lipinski definition) is 0. The van der Waals surface area contributed by atoms with E-state index in [1.54, 1.807) is 25.3 Å². The van der Waals surface area contributed by atoms with Crippen LogP contribution in [-0.4, -0.2) is 37.8 Å². The van der Waals surface area contributed by atoms with Crippen LogP contribution in [0.25, 0.3) is 0 Å². The quantitative estimate of drug-likeness (QED) is 0.710. The average Bonchev–Trinajstić information content (AvgIpc) is 2.35. The highest BCUT2D eigenvalue weighted by atomic mass is 16.6. The lowest BCUT2D eigenvalue weighted by Gasteiger charge is -2.19. The maximum absolute atomic E-state index is 11.8. The molecule has 0 saturated carbocycles. The van der Waals surface area contributed by atoms with E-state index < -0.39 is 6.09 Å². The second kappa shape index (κ2) is 7.46. The first kappa shape index (κ1) is 13.3. The number of nitrogens with zero attached hydrogens (tertiary/aromatic N) is 1. The summed E-state index contributed by atoms with van der Waals surface area (Å²) in [7, 11) is 1.59. The Morgan fingerprint density at radius 2 is 2.12 bits per heavy atom. The van der Waals surface area contributed by atoms with Crippen molar-refractivity contribution in [2.45, 2.75) is 0 Å². The van der Waals surface area contributed by atoms with Crippen molar-refractivity contribution in [3.05, 3.63) is 43.0 Å². The summed E-state index contributed by atoms with van der Waals surface area (Å²) < 4.78 is 10.1. The van der Waals surface area contributed by atoms with Crippen molar-refractivity contribution in [3.63, 3.8) is 0 Å². The number of amides is 1. The van der Waals surface area contributed by atoms with Crippen LogP contribution in [0.3, 0.4) is 0 Å². The van der Waals surface area contributed by atoms with E-state index in [0.29, 0.717) is 25.4 Å². The third-order valence-electron chi connectivity index (χ3n) is 2.12. The smallest absolute Gasteiger partial charge is 0.410 e. The van der Waals surface area contributed by atoms with Gasteiger partial charge in [0.05, 0.1) is 6.61 Å². The first-order valence-electron chi connectivity index (χ1n) is 5.39. The molecule has 0 atom stereocenters. The summed E-state index contributed by atoms with van der Waals surface area (Å²) in [5.41, 5.74) is 0. The molecule has 4 heteroatoms. The van der Waals surface area contributed by atoms with E-state index >= 15 is 0 Å². The predicted octanol–water partition coefficient (Wildman–Crippen LogP) is 2.32. The molecule has 0 spiro atoms. The van der Waals surface area contributed by atoms with Gasteiger partial charge in [-0.25, -0.2) is 4.79 Å². The van der Waals surface area contributed by atoms with Crippen molar-refractivity contribution in [2.24, 2.45) is 0 Å². The molecule has 0 aliphatic heterocycles. The first-order chi connectivity index (χ1) is 8.27. The predicted molar refractivity (Wildman–Crippen MR) is 66.1 cm³/mol. The van der Waals surface area contributed by atoms with Crippen molar-refractivity contribution in [3.8, 4) is 5.75 Å². The Bertz CT molecular complexity index is 351. The number of carbonyl (C=O) groups is 1. The Hall–Kier alpha value is -1.81. The molecule has 1 rings (SSSR count). The fourth-order valence-corrected chi connectivity index (χ4v) is 1.27. The number of hydrogen-bond acceptors (Lipinski definition) is 3. The van der Waals surface area contributed by atoms with Gasteiger partial charge in [0.25, 0.3) is 0 Å². The summed E-state index contributed by atoms with van der Waals surface area (Å²) in [5.74, 6) is 0.531. The Balaban J connectivity index is 2.55. The van der Waals surface area contributed by atoms with Gasteiger partial charge >= 0.3 is 6.09 Å². The topological polar surface area (TPSA) is 38.8 Å². The van der Waals surface area contributed by atoms with Gasteiger partial charge in [-0.15, -0.1) is 6.58 Å². The summed E-state index contributed by atoms with van der Waals surface area (Å²) in [5, 5.41) is 0. The molecule has 0 saturated heterocycles. The minimum Gasteiger partial charge on any atom is -0.410 e. The molecule has 0 unspecified atom stereocenters. The highest BCUT2D eigenvalue weighted by Crippen LogP contribution is 2.10. The van der Waals surface area contributed by atoms with Gasteiger partial charge in [-0.2, -0.15) is 0 Å². The number of benzene rings is 1. The van der Waals surface area contributed by atoms with Crippen LogP contribution >= 0.6 is 0 Å². The maximum atomic E-state index is 11.8. The van der Waals surface area contributed by atoms with Crippen molar-refractivity contribution in [2.75, 3.05) is 26.8 Å². The molecule has 0 N–H and O–H groups in total. The summed E-state index contributed by atoms with van der Waals surface area (Å²) in [6, 6.07) is 8.97. The molecular weight excluding hydrogens is 218 g/mol. The lowest BCUT2D eigenvalue weighted by molar-refractivity contribution is 0.129. The van der Waals surface area contributed by atoms with Crippen molar-refractivity contribution < 1.29 is 14.3 Å². The third-order valence-corrected chi connectivity index (χ3v) is 2.12. The van der Waals surface area contributed by atoms with Crippen LogP contribution in [0.4, 0.5) is 4.79 Å². The second-order valence-corrected chi connectivity index (χ2v) is 3.41.